The van der Waals surface area contributed by atoms with Crippen molar-refractivity contribution in [3.63, 3.8) is 0 Å². The fourth-order valence-electron chi connectivity index (χ4n) is 3.86. The normalized spacial score (nSPS) is 24.5. The van der Waals surface area contributed by atoms with Gasteiger partial charge in [0.1, 0.15) is 0 Å². The Balaban J connectivity index is 1.89. The summed E-state index contributed by atoms with van der Waals surface area (Å²) >= 11 is 6.14. The monoisotopic (exact) mass is 307 g/mol. The van der Waals surface area contributed by atoms with Crippen LogP contribution in [-0.2, 0) is 10.2 Å². The summed E-state index contributed by atoms with van der Waals surface area (Å²) in [6.07, 6.45) is 4.91. The lowest BCUT2D eigenvalue weighted by Gasteiger charge is -2.33. The van der Waals surface area contributed by atoms with Gasteiger partial charge < -0.3 is 10.0 Å². The number of aliphatic hydroxyl groups is 1. The number of aliphatic hydroxyl groups excluding tert-OH is 1. The Labute approximate surface area is 130 Å². The molecule has 1 heterocycles. The zero-order valence-electron chi connectivity index (χ0n) is 12.2. The Morgan fingerprint density at radius 3 is 2.76 bits per heavy atom. The molecule has 3 rings (SSSR count). The van der Waals surface area contributed by atoms with Gasteiger partial charge in [0, 0.05) is 30.6 Å². The van der Waals surface area contributed by atoms with E-state index in [1.165, 1.54) is 0 Å². The summed E-state index contributed by atoms with van der Waals surface area (Å²) in [7, 11) is 0. The molecule has 1 saturated carbocycles. The third-order valence-corrected chi connectivity index (χ3v) is 5.31. The number of hydrogen-bond acceptors (Lipinski definition) is 2. The maximum Gasteiger partial charge on any atom is 0.233 e. The number of hydrogen-bond donors (Lipinski definition) is 1. The summed E-state index contributed by atoms with van der Waals surface area (Å²) in [6.45, 7) is 1.64. The summed E-state index contributed by atoms with van der Waals surface area (Å²) in [5.41, 5.74) is 0.667. The first-order valence-electron chi connectivity index (χ1n) is 7.82. The van der Waals surface area contributed by atoms with Crippen molar-refractivity contribution in [1.82, 2.24) is 4.90 Å². The molecule has 0 spiro atoms. The van der Waals surface area contributed by atoms with Crippen molar-refractivity contribution in [2.45, 2.75) is 37.5 Å². The molecule has 2 aliphatic rings. The van der Waals surface area contributed by atoms with Crippen LogP contribution in [0.2, 0.25) is 5.02 Å². The predicted molar refractivity (Wildman–Crippen MR) is 83.4 cm³/mol. The molecule has 3 nitrogen and oxygen atoms in total. The van der Waals surface area contributed by atoms with Gasteiger partial charge in [-0.2, -0.15) is 0 Å². The van der Waals surface area contributed by atoms with Gasteiger partial charge in [0.25, 0.3) is 0 Å². The molecule has 1 unspecified atom stereocenters. The van der Waals surface area contributed by atoms with Gasteiger partial charge in [-0.1, -0.05) is 36.6 Å². The molecule has 1 aromatic carbocycles. The fraction of sp³-hybridized carbons (Fsp3) is 0.588. The highest BCUT2D eigenvalue weighted by Gasteiger charge is 2.46. The van der Waals surface area contributed by atoms with Crippen LogP contribution < -0.4 is 0 Å². The molecule has 0 bridgehead atoms. The molecule has 1 N–H and O–H groups in total. The van der Waals surface area contributed by atoms with Crippen LogP contribution in [-0.4, -0.2) is 35.6 Å². The lowest BCUT2D eigenvalue weighted by molar-refractivity contribution is -0.136. The zero-order valence-corrected chi connectivity index (χ0v) is 13.0. The minimum atomic E-state index is -0.394. The molecule has 4 heteroatoms. The van der Waals surface area contributed by atoms with Crippen LogP contribution in [0.4, 0.5) is 0 Å². The molecule has 0 aromatic heterocycles. The van der Waals surface area contributed by atoms with Crippen LogP contribution in [0.1, 0.15) is 37.7 Å². The van der Waals surface area contributed by atoms with E-state index in [2.05, 4.69) is 0 Å². The van der Waals surface area contributed by atoms with E-state index in [1.54, 1.807) is 0 Å². The summed E-state index contributed by atoms with van der Waals surface area (Å²) in [6, 6.07) is 7.78. The largest absolute Gasteiger partial charge is 0.396 e. The van der Waals surface area contributed by atoms with Gasteiger partial charge in [-0.3, -0.25) is 4.79 Å². The van der Waals surface area contributed by atoms with Gasteiger partial charge in [0.15, 0.2) is 0 Å². The Hall–Kier alpha value is -1.06. The quantitative estimate of drug-likeness (QED) is 0.932. The molecule has 21 heavy (non-hydrogen) atoms. The van der Waals surface area contributed by atoms with E-state index in [0.717, 1.165) is 44.2 Å². The third-order valence-electron chi connectivity index (χ3n) is 5.07. The van der Waals surface area contributed by atoms with Crippen LogP contribution in [0.3, 0.4) is 0 Å². The van der Waals surface area contributed by atoms with E-state index in [9.17, 15) is 9.90 Å². The van der Waals surface area contributed by atoms with E-state index >= 15 is 0 Å². The van der Waals surface area contributed by atoms with Crippen LogP contribution in [0.15, 0.2) is 24.3 Å². The average Bonchev–Trinajstić information content (AvgIpc) is 3.16. The third kappa shape index (κ3) is 2.69. The van der Waals surface area contributed by atoms with Crippen molar-refractivity contribution >= 4 is 17.5 Å². The number of benzene rings is 1. The van der Waals surface area contributed by atoms with Crippen molar-refractivity contribution in [3.8, 4) is 0 Å². The van der Waals surface area contributed by atoms with Crippen molar-refractivity contribution in [2.24, 2.45) is 5.92 Å². The van der Waals surface area contributed by atoms with Crippen LogP contribution >= 0.6 is 11.6 Å². The summed E-state index contributed by atoms with van der Waals surface area (Å²) in [4.78, 5) is 15.1. The number of likely N-dealkylation sites (tertiary alicyclic amines) is 1. The van der Waals surface area contributed by atoms with Crippen LogP contribution in [0, 0.1) is 5.92 Å². The van der Waals surface area contributed by atoms with Gasteiger partial charge >= 0.3 is 0 Å². The van der Waals surface area contributed by atoms with E-state index in [1.807, 2.05) is 29.2 Å². The maximum absolute atomic E-state index is 13.1. The van der Waals surface area contributed by atoms with Gasteiger partial charge in [0.05, 0.1) is 5.41 Å². The summed E-state index contributed by atoms with van der Waals surface area (Å²) in [5.74, 6) is 0.477. The molecule has 1 amide bonds. The summed E-state index contributed by atoms with van der Waals surface area (Å²) < 4.78 is 0. The Morgan fingerprint density at radius 2 is 2.14 bits per heavy atom. The second-order valence-corrected chi connectivity index (χ2v) is 6.82. The molecule has 114 valence electrons. The van der Waals surface area contributed by atoms with Crippen molar-refractivity contribution in [3.05, 3.63) is 34.9 Å². The highest BCUT2D eigenvalue weighted by molar-refractivity contribution is 6.30. The number of amides is 1. The highest BCUT2D eigenvalue weighted by atomic mass is 35.5. The topological polar surface area (TPSA) is 40.5 Å². The van der Waals surface area contributed by atoms with Gasteiger partial charge in [0.2, 0.25) is 5.91 Å². The molecule has 1 aliphatic heterocycles. The first-order valence-corrected chi connectivity index (χ1v) is 8.20. The molecule has 1 aromatic rings. The predicted octanol–water partition coefficient (Wildman–Crippen LogP) is 2.99. The molecule has 1 aliphatic carbocycles. The van der Waals surface area contributed by atoms with E-state index in [4.69, 9.17) is 11.6 Å². The Kier molecular flexibility index (Phi) is 4.23. The Bertz CT molecular complexity index is 525. The SMILES string of the molecule is O=C(N1CCC(CO)C1)C1(c2cccc(Cl)c2)CCCC1. The van der Waals surface area contributed by atoms with Crippen LogP contribution in [0.5, 0.6) is 0 Å². The lowest BCUT2D eigenvalue weighted by atomic mass is 9.77. The molecule has 0 radical (unpaired) electrons. The van der Waals surface area contributed by atoms with Gasteiger partial charge in [-0.05, 0) is 37.0 Å². The highest BCUT2D eigenvalue weighted by Crippen LogP contribution is 2.44. The standard InChI is InChI=1S/C17H22ClNO2/c18-15-5-3-4-14(10-15)17(7-1-2-8-17)16(21)19-9-6-13(11-19)12-20/h3-5,10,13,20H,1-2,6-9,11-12H2. The average molecular weight is 308 g/mol. The van der Waals surface area contributed by atoms with Crippen LogP contribution in [0.25, 0.3) is 0 Å². The zero-order chi connectivity index (χ0) is 14.9. The van der Waals surface area contributed by atoms with Gasteiger partial charge in [-0.15, -0.1) is 0 Å². The number of carbonyl (C=O) groups is 1. The van der Waals surface area contributed by atoms with Crippen molar-refractivity contribution in [1.29, 1.82) is 0 Å². The minimum Gasteiger partial charge on any atom is -0.396 e. The van der Waals surface area contributed by atoms with Crippen molar-refractivity contribution < 1.29 is 9.90 Å². The van der Waals surface area contributed by atoms with E-state index in [0.29, 0.717) is 11.6 Å². The molecular weight excluding hydrogens is 286 g/mol. The smallest absolute Gasteiger partial charge is 0.233 e. The van der Waals surface area contributed by atoms with E-state index in [-0.39, 0.29) is 18.4 Å². The molecular formula is C17H22ClNO2. The lowest BCUT2D eigenvalue weighted by Crippen LogP contribution is -2.44. The first-order chi connectivity index (χ1) is 10.2. The number of carbonyl (C=O) groups excluding carboxylic acids is 1. The van der Waals surface area contributed by atoms with E-state index < -0.39 is 5.41 Å². The van der Waals surface area contributed by atoms with Crippen molar-refractivity contribution in [2.75, 3.05) is 19.7 Å². The summed E-state index contributed by atoms with van der Waals surface area (Å²) in [5, 5.41) is 9.99. The first kappa shape index (κ1) is 14.9. The fourth-order valence-corrected chi connectivity index (χ4v) is 4.05. The number of rotatable bonds is 3. The number of nitrogens with zero attached hydrogens (tertiary/aromatic N) is 1. The maximum atomic E-state index is 13.1. The Morgan fingerprint density at radius 1 is 1.38 bits per heavy atom. The number of halogens is 1. The second-order valence-electron chi connectivity index (χ2n) is 6.39. The van der Waals surface area contributed by atoms with Gasteiger partial charge in [-0.25, -0.2) is 0 Å². The minimum absolute atomic E-state index is 0.175. The molecule has 1 saturated heterocycles. The molecule has 1 atom stereocenters. The second kappa shape index (κ2) is 5.98. The molecule has 2 fully saturated rings.